The molecule has 116 valence electrons. The highest BCUT2D eigenvalue weighted by molar-refractivity contribution is 5.88. The number of rotatable bonds is 3. The van der Waals surface area contributed by atoms with Crippen molar-refractivity contribution >= 4 is 11.9 Å². The summed E-state index contributed by atoms with van der Waals surface area (Å²) in [4.78, 5) is 24.5. The number of carbonyl (C=O) groups is 2. The van der Waals surface area contributed by atoms with Gasteiger partial charge in [-0.05, 0) is 37.5 Å². The fourth-order valence-corrected chi connectivity index (χ4v) is 4.67. The molecule has 4 nitrogen and oxygen atoms in total. The van der Waals surface area contributed by atoms with Crippen molar-refractivity contribution in [1.82, 2.24) is 0 Å². The molecule has 3 saturated carbocycles. The van der Waals surface area contributed by atoms with Crippen LogP contribution in [0.15, 0.2) is 12.2 Å². The smallest absolute Gasteiger partial charge is 0.336 e. The number of hydrogen-bond donors (Lipinski definition) is 0. The maximum Gasteiger partial charge on any atom is 0.336 e. The minimum Gasteiger partial charge on any atom is -0.422 e. The fraction of sp³-hybridized carbons (Fsp3) is 0.765. The zero-order valence-corrected chi connectivity index (χ0v) is 13.3. The van der Waals surface area contributed by atoms with E-state index >= 15 is 0 Å². The van der Waals surface area contributed by atoms with Crippen molar-refractivity contribution in [2.45, 2.75) is 59.2 Å². The van der Waals surface area contributed by atoms with Crippen LogP contribution in [-0.2, 0) is 19.1 Å². The minimum atomic E-state index is -1.10. The van der Waals surface area contributed by atoms with Crippen molar-refractivity contribution < 1.29 is 19.1 Å². The van der Waals surface area contributed by atoms with Crippen LogP contribution in [0, 0.1) is 22.7 Å². The molecule has 4 atom stereocenters. The maximum atomic E-state index is 12.4. The summed E-state index contributed by atoms with van der Waals surface area (Å²) in [6, 6.07) is 0. The van der Waals surface area contributed by atoms with Gasteiger partial charge in [0.1, 0.15) is 0 Å². The number of ether oxygens (including phenoxy) is 2. The van der Waals surface area contributed by atoms with Gasteiger partial charge in [0.2, 0.25) is 0 Å². The highest BCUT2D eigenvalue weighted by Crippen LogP contribution is 2.70. The molecule has 5 fully saturated rings. The Morgan fingerprint density at radius 1 is 1.43 bits per heavy atom. The van der Waals surface area contributed by atoms with E-state index in [1.165, 1.54) is 0 Å². The third-order valence-corrected chi connectivity index (χ3v) is 6.28. The van der Waals surface area contributed by atoms with Gasteiger partial charge in [-0.15, -0.1) is 0 Å². The van der Waals surface area contributed by atoms with Gasteiger partial charge in [-0.1, -0.05) is 27.4 Å². The molecular weight excluding hydrogens is 268 g/mol. The van der Waals surface area contributed by atoms with Crippen molar-refractivity contribution in [1.29, 1.82) is 0 Å². The van der Waals surface area contributed by atoms with Crippen LogP contribution in [0.5, 0.6) is 0 Å². The van der Waals surface area contributed by atoms with Gasteiger partial charge in [-0.2, -0.15) is 0 Å². The maximum absolute atomic E-state index is 12.4. The third kappa shape index (κ3) is 1.68. The topological polar surface area (TPSA) is 52.6 Å². The van der Waals surface area contributed by atoms with Crippen LogP contribution in [0.4, 0.5) is 0 Å². The van der Waals surface area contributed by atoms with Gasteiger partial charge in [0, 0.05) is 17.4 Å². The van der Waals surface area contributed by atoms with E-state index in [1.807, 2.05) is 0 Å². The average Bonchev–Trinajstić information content (AvgIpc) is 2.38. The molecule has 0 aromatic rings. The summed E-state index contributed by atoms with van der Waals surface area (Å²) in [6.07, 6.45) is 3.32. The van der Waals surface area contributed by atoms with Crippen LogP contribution in [0.2, 0.25) is 0 Å². The largest absolute Gasteiger partial charge is 0.422 e. The van der Waals surface area contributed by atoms with Gasteiger partial charge in [0.25, 0.3) is 5.79 Å². The molecule has 4 heteroatoms. The molecule has 4 unspecified atom stereocenters. The predicted octanol–water partition coefficient (Wildman–Crippen LogP) is 3.21. The van der Waals surface area contributed by atoms with E-state index < -0.39 is 11.8 Å². The molecule has 0 spiro atoms. The van der Waals surface area contributed by atoms with Crippen molar-refractivity contribution in [2.24, 2.45) is 22.7 Å². The number of esters is 2. The Morgan fingerprint density at radius 3 is 2.67 bits per heavy atom. The Hall–Kier alpha value is -1.32. The quantitative estimate of drug-likeness (QED) is 0.592. The molecule has 3 aliphatic carbocycles. The van der Waals surface area contributed by atoms with E-state index in [9.17, 15) is 9.59 Å². The number of fused-ring (bicyclic) bond motifs is 2. The zero-order valence-electron chi connectivity index (χ0n) is 13.3. The highest BCUT2D eigenvalue weighted by Gasteiger charge is 2.74. The van der Waals surface area contributed by atoms with Crippen LogP contribution in [0.25, 0.3) is 0 Å². The molecule has 0 amide bonds. The molecule has 0 N–H and O–H groups in total. The van der Waals surface area contributed by atoms with Gasteiger partial charge in [-0.3, -0.25) is 4.79 Å². The number of carbonyl (C=O) groups excluding carboxylic acids is 2. The molecule has 5 aliphatic rings. The Kier molecular flexibility index (Phi) is 2.86. The first-order chi connectivity index (χ1) is 9.66. The second kappa shape index (κ2) is 4.11. The lowest BCUT2D eigenvalue weighted by molar-refractivity contribution is -0.360. The molecule has 5 rings (SSSR count). The Labute approximate surface area is 125 Å². The average molecular weight is 292 g/mol. The first-order valence-electron chi connectivity index (χ1n) is 7.78. The summed E-state index contributed by atoms with van der Waals surface area (Å²) < 4.78 is 11.4. The predicted molar refractivity (Wildman–Crippen MR) is 77.1 cm³/mol. The van der Waals surface area contributed by atoms with E-state index in [0.29, 0.717) is 17.9 Å². The second-order valence-electron chi connectivity index (χ2n) is 7.73. The summed E-state index contributed by atoms with van der Waals surface area (Å²) in [6.45, 7) is 11.7. The van der Waals surface area contributed by atoms with Crippen molar-refractivity contribution in [3.63, 3.8) is 0 Å². The van der Waals surface area contributed by atoms with Gasteiger partial charge in [0.05, 0.1) is 5.92 Å². The van der Waals surface area contributed by atoms with Crippen LogP contribution in [0.3, 0.4) is 0 Å². The Balaban J connectivity index is 2.05. The van der Waals surface area contributed by atoms with Gasteiger partial charge in [-0.25, -0.2) is 4.79 Å². The van der Waals surface area contributed by atoms with Gasteiger partial charge < -0.3 is 9.47 Å². The highest BCUT2D eigenvalue weighted by atomic mass is 16.7. The fourth-order valence-electron chi connectivity index (χ4n) is 4.67. The van der Waals surface area contributed by atoms with Crippen LogP contribution in [0.1, 0.15) is 53.4 Å². The zero-order chi connectivity index (χ0) is 15.6. The first kappa shape index (κ1) is 14.6. The Morgan fingerprint density at radius 2 is 2.10 bits per heavy atom. The van der Waals surface area contributed by atoms with Crippen LogP contribution in [-0.4, -0.2) is 17.7 Å². The third-order valence-electron chi connectivity index (χ3n) is 6.28. The van der Waals surface area contributed by atoms with E-state index in [0.717, 1.165) is 19.3 Å². The normalized spacial score (nSPS) is 43.9. The molecule has 2 heterocycles. The SMILES string of the molecule is C=C(C)C(=O)OC12CC3(C(C)C)CCC1(C)CC3C(=O)O2. The lowest BCUT2D eigenvalue weighted by atomic mass is 9.43. The van der Waals surface area contributed by atoms with Crippen molar-refractivity contribution in [3.8, 4) is 0 Å². The van der Waals surface area contributed by atoms with E-state index in [-0.39, 0.29) is 22.7 Å². The van der Waals surface area contributed by atoms with E-state index in [2.05, 4.69) is 27.4 Å². The van der Waals surface area contributed by atoms with Gasteiger partial charge >= 0.3 is 11.9 Å². The molecule has 2 saturated heterocycles. The van der Waals surface area contributed by atoms with Crippen LogP contribution < -0.4 is 0 Å². The molecular formula is C17H24O4. The molecule has 2 aliphatic heterocycles. The second-order valence-corrected chi connectivity index (χ2v) is 7.73. The molecule has 0 radical (unpaired) electrons. The van der Waals surface area contributed by atoms with Gasteiger partial charge in [0.15, 0.2) is 0 Å². The summed E-state index contributed by atoms with van der Waals surface area (Å²) in [5, 5.41) is 0. The van der Waals surface area contributed by atoms with Crippen molar-refractivity contribution in [2.75, 3.05) is 0 Å². The van der Waals surface area contributed by atoms with Crippen molar-refractivity contribution in [3.05, 3.63) is 12.2 Å². The Bertz CT molecular complexity index is 537. The molecule has 0 aromatic heterocycles. The monoisotopic (exact) mass is 292 g/mol. The summed E-state index contributed by atoms with van der Waals surface area (Å²) in [5.74, 6) is -1.45. The standard InChI is InChI=1S/C17H24O4/c1-10(2)13(18)20-17-9-16(11(3)4)7-6-15(17,5)8-12(16)14(19)21-17/h11-12H,1,6-9H2,2-5H3. The van der Waals surface area contributed by atoms with E-state index in [1.54, 1.807) is 6.92 Å². The first-order valence-corrected chi connectivity index (χ1v) is 7.78. The molecule has 0 aromatic carbocycles. The molecule has 4 bridgehead atoms. The van der Waals surface area contributed by atoms with E-state index in [4.69, 9.17) is 9.47 Å². The lowest BCUT2D eigenvalue weighted by Gasteiger charge is -2.68. The minimum absolute atomic E-state index is 0.0540. The summed E-state index contributed by atoms with van der Waals surface area (Å²) in [5.41, 5.74) is -0.0262. The summed E-state index contributed by atoms with van der Waals surface area (Å²) >= 11 is 0. The van der Waals surface area contributed by atoms with Crippen LogP contribution >= 0.6 is 0 Å². The molecule has 21 heavy (non-hydrogen) atoms. The lowest BCUT2D eigenvalue weighted by Crippen LogP contribution is -2.72. The summed E-state index contributed by atoms with van der Waals surface area (Å²) in [7, 11) is 0. The number of hydrogen-bond acceptors (Lipinski definition) is 4.